The molecule has 3 N–H and O–H groups in total. The highest BCUT2D eigenvalue weighted by Crippen LogP contribution is 2.32. The maximum absolute atomic E-state index is 12.7. The van der Waals surface area contributed by atoms with E-state index in [1.54, 1.807) is 12.3 Å². The molecule has 162 valence electrons. The van der Waals surface area contributed by atoms with E-state index in [-0.39, 0.29) is 23.2 Å². The van der Waals surface area contributed by atoms with Gasteiger partial charge in [0.1, 0.15) is 16.9 Å². The van der Waals surface area contributed by atoms with Crippen LogP contribution in [0.5, 0.6) is 0 Å². The molecule has 1 aromatic heterocycles. The van der Waals surface area contributed by atoms with Crippen LogP contribution in [0.4, 0.5) is 0 Å². The van der Waals surface area contributed by atoms with Gasteiger partial charge in [-0.05, 0) is 23.3 Å². The Morgan fingerprint density at radius 1 is 1.16 bits per heavy atom. The van der Waals surface area contributed by atoms with E-state index in [9.17, 15) is 19.5 Å². The topological polar surface area (TPSA) is 103 Å². The van der Waals surface area contributed by atoms with Gasteiger partial charge < -0.3 is 15.4 Å². The van der Waals surface area contributed by atoms with Crippen molar-refractivity contribution in [3.63, 3.8) is 0 Å². The summed E-state index contributed by atoms with van der Waals surface area (Å²) >= 11 is 6.38. The zero-order chi connectivity index (χ0) is 22.7. The SMILES string of the molecule is O=C(CN1C(=O)/C(=C\c2ccccc2)SC1=S)N[C@H](Cc1c[nH]c2ccccc12)C(=O)O. The molecule has 1 fully saturated rings. The van der Waals surface area contributed by atoms with Gasteiger partial charge >= 0.3 is 5.97 Å². The van der Waals surface area contributed by atoms with E-state index in [2.05, 4.69) is 10.3 Å². The van der Waals surface area contributed by atoms with Crippen molar-refractivity contribution in [2.75, 3.05) is 6.54 Å². The molecule has 3 aromatic rings. The minimum Gasteiger partial charge on any atom is -0.480 e. The third-order valence-electron chi connectivity index (χ3n) is 5.00. The number of carboxylic acid groups (broad SMARTS) is 1. The van der Waals surface area contributed by atoms with Gasteiger partial charge in [-0.15, -0.1) is 0 Å². The van der Waals surface area contributed by atoms with Gasteiger partial charge in [0, 0.05) is 23.5 Å². The van der Waals surface area contributed by atoms with Crippen molar-refractivity contribution in [3.05, 3.63) is 76.8 Å². The number of hydrogen-bond acceptors (Lipinski definition) is 5. The van der Waals surface area contributed by atoms with E-state index in [0.29, 0.717) is 4.91 Å². The van der Waals surface area contributed by atoms with Crippen LogP contribution in [0.25, 0.3) is 17.0 Å². The quantitative estimate of drug-likeness (QED) is 0.366. The van der Waals surface area contributed by atoms with Gasteiger partial charge in [-0.2, -0.15) is 0 Å². The number of aromatic nitrogens is 1. The maximum atomic E-state index is 12.7. The van der Waals surface area contributed by atoms with Crippen LogP contribution < -0.4 is 5.32 Å². The Kier molecular flexibility index (Phi) is 6.38. The average Bonchev–Trinajstić information content (AvgIpc) is 3.30. The molecule has 7 nitrogen and oxygen atoms in total. The van der Waals surface area contributed by atoms with Gasteiger partial charge in [0.25, 0.3) is 5.91 Å². The molecule has 32 heavy (non-hydrogen) atoms. The van der Waals surface area contributed by atoms with Crippen LogP contribution >= 0.6 is 24.0 Å². The fourth-order valence-corrected chi connectivity index (χ4v) is 4.70. The Bertz CT molecular complexity index is 1240. The van der Waals surface area contributed by atoms with Gasteiger partial charge in [-0.3, -0.25) is 14.5 Å². The number of para-hydroxylation sites is 1. The lowest BCUT2D eigenvalue weighted by atomic mass is 10.0. The monoisotopic (exact) mass is 465 g/mol. The van der Waals surface area contributed by atoms with Gasteiger partial charge in [-0.1, -0.05) is 72.5 Å². The molecule has 0 radical (unpaired) electrons. The highest BCUT2D eigenvalue weighted by Gasteiger charge is 2.34. The van der Waals surface area contributed by atoms with Crippen molar-refractivity contribution < 1.29 is 19.5 Å². The fraction of sp³-hybridized carbons (Fsp3) is 0.130. The van der Waals surface area contributed by atoms with Crippen molar-refractivity contribution in [2.24, 2.45) is 0 Å². The van der Waals surface area contributed by atoms with E-state index in [0.717, 1.165) is 33.8 Å². The molecule has 4 rings (SSSR count). The number of amides is 2. The summed E-state index contributed by atoms with van der Waals surface area (Å²) in [6.07, 6.45) is 3.56. The third kappa shape index (κ3) is 4.74. The normalized spacial score (nSPS) is 16.0. The smallest absolute Gasteiger partial charge is 0.326 e. The number of carbonyl (C=O) groups excluding carboxylic acids is 2. The van der Waals surface area contributed by atoms with Crippen LogP contribution in [-0.2, 0) is 20.8 Å². The second-order valence-electron chi connectivity index (χ2n) is 7.20. The predicted molar refractivity (Wildman–Crippen MR) is 128 cm³/mol. The highest BCUT2D eigenvalue weighted by molar-refractivity contribution is 8.26. The highest BCUT2D eigenvalue weighted by atomic mass is 32.2. The molecule has 2 heterocycles. The molecule has 1 saturated heterocycles. The van der Waals surface area contributed by atoms with E-state index in [1.165, 1.54) is 4.90 Å². The Hall–Kier alpha value is -3.43. The molecule has 0 spiro atoms. The first-order valence-electron chi connectivity index (χ1n) is 9.80. The molecule has 0 aliphatic carbocycles. The number of hydrogen-bond donors (Lipinski definition) is 3. The van der Waals surface area contributed by atoms with Crippen molar-refractivity contribution in [1.82, 2.24) is 15.2 Å². The Labute approximate surface area is 193 Å². The third-order valence-corrected chi connectivity index (χ3v) is 6.38. The molecule has 0 saturated carbocycles. The van der Waals surface area contributed by atoms with Gasteiger partial charge in [0.15, 0.2) is 0 Å². The molecular formula is C23H19N3O4S2. The number of aromatic amines is 1. The number of rotatable bonds is 7. The van der Waals surface area contributed by atoms with Crippen LogP contribution in [0.1, 0.15) is 11.1 Å². The molecule has 2 amide bonds. The number of thiocarbonyl (C=S) groups is 1. The Morgan fingerprint density at radius 2 is 1.88 bits per heavy atom. The maximum Gasteiger partial charge on any atom is 0.326 e. The Morgan fingerprint density at radius 3 is 2.62 bits per heavy atom. The number of thioether (sulfide) groups is 1. The Balaban J connectivity index is 1.43. The zero-order valence-corrected chi connectivity index (χ0v) is 18.4. The van der Waals surface area contributed by atoms with E-state index in [1.807, 2.05) is 54.6 Å². The molecule has 1 atom stereocenters. The van der Waals surface area contributed by atoms with Crippen LogP contribution in [-0.4, -0.2) is 49.7 Å². The molecule has 0 bridgehead atoms. The lowest BCUT2D eigenvalue weighted by Crippen LogP contribution is -2.47. The van der Waals surface area contributed by atoms with E-state index >= 15 is 0 Å². The summed E-state index contributed by atoms with van der Waals surface area (Å²) in [6.45, 7) is -0.339. The number of aliphatic carboxylic acids is 1. The number of benzene rings is 2. The van der Waals surface area contributed by atoms with Crippen molar-refractivity contribution >= 4 is 63.1 Å². The number of fused-ring (bicyclic) bond motifs is 1. The molecule has 0 unspecified atom stereocenters. The summed E-state index contributed by atoms with van der Waals surface area (Å²) < 4.78 is 0.260. The largest absolute Gasteiger partial charge is 0.480 e. The average molecular weight is 466 g/mol. The van der Waals surface area contributed by atoms with Crippen molar-refractivity contribution in [2.45, 2.75) is 12.5 Å². The van der Waals surface area contributed by atoms with Crippen molar-refractivity contribution in [1.29, 1.82) is 0 Å². The minimum absolute atomic E-state index is 0.109. The first-order chi connectivity index (χ1) is 15.4. The summed E-state index contributed by atoms with van der Waals surface area (Å²) in [7, 11) is 0. The van der Waals surface area contributed by atoms with Crippen LogP contribution in [0.2, 0.25) is 0 Å². The standard InChI is InChI=1S/C23H19N3O4S2/c27-20(13-26-21(28)19(32-23(26)31)10-14-6-2-1-3-7-14)25-18(22(29)30)11-15-12-24-17-9-5-4-8-16(15)17/h1-10,12,18,24H,11,13H2,(H,25,27)(H,29,30)/b19-10+/t18-/m1/s1. The lowest BCUT2D eigenvalue weighted by molar-refractivity contribution is -0.141. The number of carbonyl (C=O) groups is 3. The van der Waals surface area contributed by atoms with Gasteiger partial charge in [0.05, 0.1) is 4.91 Å². The lowest BCUT2D eigenvalue weighted by Gasteiger charge is -2.18. The number of nitrogens with zero attached hydrogens (tertiary/aromatic N) is 1. The second kappa shape index (κ2) is 9.37. The van der Waals surface area contributed by atoms with Crippen LogP contribution in [0, 0.1) is 0 Å². The molecule has 9 heteroatoms. The molecular weight excluding hydrogens is 446 g/mol. The molecule has 2 aromatic carbocycles. The number of nitrogens with one attached hydrogen (secondary N) is 2. The summed E-state index contributed by atoms with van der Waals surface area (Å²) in [5.41, 5.74) is 2.52. The first-order valence-corrected chi connectivity index (χ1v) is 11.0. The van der Waals surface area contributed by atoms with Crippen molar-refractivity contribution in [3.8, 4) is 0 Å². The second-order valence-corrected chi connectivity index (χ2v) is 8.88. The minimum atomic E-state index is -1.15. The zero-order valence-electron chi connectivity index (χ0n) is 16.8. The summed E-state index contributed by atoms with van der Waals surface area (Å²) in [5, 5.41) is 13.0. The predicted octanol–water partition coefficient (Wildman–Crippen LogP) is 3.18. The first kappa shape index (κ1) is 21.8. The van der Waals surface area contributed by atoms with Gasteiger partial charge in [-0.25, -0.2) is 4.79 Å². The fourth-order valence-electron chi connectivity index (χ4n) is 3.44. The van der Waals surface area contributed by atoms with Crippen LogP contribution in [0.3, 0.4) is 0 Å². The van der Waals surface area contributed by atoms with E-state index in [4.69, 9.17) is 12.2 Å². The van der Waals surface area contributed by atoms with Gasteiger partial charge in [0.2, 0.25) is 5.91 Å². The molecule has 1 aliphatic heterocycles. The van der Waals surface area contributed by atoms with E-state index < -0.39 is 17.9 Å². The number of H-pyrrole nitrogens is 1. The summed E-state index contributed by atoms with van der Waals surface area (Å²) in [4.78, 5) is 41.8. The van der Waals surface area contributed by atoms with Crippen LogP contribution in [0.15, 0.2) is 65.7 Å². The summed E-state index contributed by atoms with van der Waals surface area (Å²) in [6, 6.07) is 15.7. The number of carboxylic acids is 1. The summed E-state index contributed by atoms with van der Waals surface area (Å²) in [5.74, 6) is -2.12. The molecule has 1 aliphatic rings.